The maximum Gasteiger partial charge on any atom is 0.417 e. The van der Waals surface area contributed by atoms with Crippen molar-refractivity contribution in [1.29, 1.82) is 0 Å². The van der Waals surface area contributed by atoms with E-state index in [4.69, 9.17) is 50.0 Å². The molecule has 5 aromatic carbocycles. The summed E-state index contributed by atoms with van der Waals surface area (Å²) in [4.78, 5) is 36.6. The monoisotopic (exact) mass is 1000 g/mol. The Labute approximate surface area is 426 Å². The van der Waals surface area contributed by atoms with Crippen LogP contribution in [0.4, 0.5) is 15.3 Å². The molecule has 14 nitrogen and oxygen atoms in total. The molecule has 15 heteroatoms. The number of halogens is 1. The second kappa shape index (κ2) is 24.7. The van der Waals surface area contributed by atoms with Gasteiger partial charge >= 0.3 is 12.2 Å². The molecular formula is C57H64ClN3O11. The number of anilines is 1. The highest BCUT2D eigenvalue weighted by molar-refractivity contribution is 6.18. The lowest BCUT2D eigenvalue weighted by Gasteiger charge is -2.59. The SMILES string of the molecule is C=CCO[C@@]12Oc3ccc(OC(=O)Nc4ccc(OC)cc4OC)cc3[C@H]3[C@H](CCCCO)[C@@H](CCCCO)C=C(C(=NOCc4ccccc4)C[C@@H]1N(Cc1cccc4ccccc14)C(=O)OCCCl)[C@H]32. The van der Waals surface area contributed by atoms with Crippen LogP contribution in [0.2, 0.25) is 0 Å². The number of nitrogens with zero attached hydrogens (tertiary/aromatic N) is 2. The van der Waals surface area contributed by atoms with Crippen molar-refractivity contribution in [2.75, 3.05) is 51.8 Å². The summed E-state index contributed by atoms with van der Waals surface area (Å²) in [5.74, 6) is -0.980. The minimum atomic E-state index is -1.59. The zero-order chi connectivity index (χ0) is 50.5. The standard InChI is InChI=1S/C57H64ClN3O11/c1-4-30-69-57-52(61(56(65)68-31-27-58)36-41-20-14-19-39-17-8-9-21-44(39)41)35-49(60-70-37-38-15-6-5-7-16-38)46-32-40(18-10-12-28-62)45(22-11-13-29-63)53(54(46)57)47-33-43(24-26-50(47)72-57)71-55(64)59-48-25-23-42(66-2)34-51(48)67-3/h4-9,14-17,19-21,23-26,32-34,40,45,52-54,62-63H,1,10-13,18,22,27-31,35-37H2,2-3H3,(H,59,64)/t40-,45+,52-,53+,54+,57+/m0/s1. The van der Waals surface area contributed by atoms with E-state index in [-0.39, 0.29) is 69.5 Å². The van der Waals surface area contributed by atoms with Gasteiger partial charge in [0.15, 0.2) is 0 Å². The Balaban J connectivity index is 1.31. The Morgan fingerprint density at radius 1 is 0.903 bits per heavy atom. The summed E-state index contributed by atoms with van der Waals surface area (Å²) >= 11 is 6.20. The minimum absolute atomic E-state index is 0.0282. The smallest absolute Gasteiger partial charge is 0.417 e. The molecule has 0 saturated heterocycles. The van der Waals surface area contributed by atoms with Crippen LogP contribution in [0.5, 0.6) is 23.0 Å². The first kappa shape index (κ1) is 51.8. The first-order valence-electron chi connectivity index (χ1n) is 24.7. The molecule has 380 valence electrons. The number of amides is 2. The van der Waals surface area contributed by atoms with Crippen LogP contribution in [0.3, 0.4) is 0 Å². The van der Waals surface area contributed by atoms with E-state index < -0.39 is 35.9 Å². The molecule has 72 heavy (non-hydrogen) atoms. The number of carbonyl (C=O) groups excluding carboxylic acids is 2. The zero-order valence-corrected chi connectivity index (χ0v) is 41.6. The number of alkyl halides is 1. The Morgan fingerprint density at radius 3 is 2.43 bits per heavy atom. The number of carbonyl (C=O) groups is 2. The van der Waals surface area contributed by atoms with Crippen molar-refractivity contribution in [1.82, 2.24) is 4.90 Å². The predicted molar refractivity (Wildman–Crippen MR) is 277 cm³/mol. The van der Waals surface area contributed by atoms with E-state index >= 15 is 0 Å². The normalized spacial score (nSPS) is 21.3. The molecule has 0 aromatic heterocycles. The first-order chi connectivity index (χ1) is 35.2. The Kier molecular flexibility index (Phi) is 17.8. The number of nitrogens with one attached hydrogen (secondary N) is 1. The van der Waals surface area contributed by atoms with Crippen LogP contribution in [0.25, 0.3) is 10.8 Å². The molecule has 0 radical (unpaired) electrons. The maximum atomic E-state index is 14.9. The Hall–Kier alpha value is -6.58. The predicted octanol–water partition coefficient (Wildman–Crippen LogP) is 11.2. The molecule has 0 bridgehead atoms. The van der Waals surface area contributed by atoms with Crippen molar-refractivity contribution in [2.24, 2.45) is 22.9 Å². The van der Waals surface area contributed by atoms with E-state index in [1.807, 2.05) is 78.9 Å². The molecule has 2 aliphatic carbocycles. The molecule has 0 unspecified atom stereocenters. The molecular weight excluding hydrogens is 938 g/mol. The lowest BCUT2D eigenvalue weighted by Crippen LogP contribution is -2.70. The van der Waals surface area contributed by atoms with E-state index in [9.17, 15) is 19.8 Å². The van der Waals surface area contributed by atoms with Crippen molar-refractivity contribution in [3.05, 3.63) is 150 Å². The van der Waals surface area contributed by atoms with Gasteiger partial charge in [0.25, 0.3) is 0 Å². The van der Waals surface area contributed by atoms with Gasteiger partial charge in [0.1, 0.15) is 42.3 Å². The number of aliphatic hydroxyl groups is 2. The third-order valence-electron chi connectivity index (χ3n) is 13.9. The van der Waals surface area contributed by atoms with E-state index in [2.05, 4.69) is 18.0 Å². The molecule has 1 aliphatic heterocycles. The molecule has 8 rings (SSSR count). The average Bonchev–Trinajstić information content (AvgIpc) is 3.40. The molecule has 3 N–H and O–H groups in total. The van der Waals surface area contributed by atoms with Gasteiger partial charge in [-0.05, 0) is 95.3 Å². The highest BCUT2D eigenvalue weighted by Crippen LogP contribution is 2.62. The van der Waals surface area contributed by atoms with Gasteiger partial charge in [-0.15, -0.1) is 18.2 Å². The number of benzene rings is 5. The fourth-order valence-corrected chi connectivity index (χ4v) is 10.8. The summed E-state index contributed by atoms with van der Waals surface area (Å²) in [6, 6.07) is 33.3. The summed E-state index contributed by atoms with van der Waals surface area (Å²) in [7, 11) is 3.05. The van der Waals surface area contributed by atoms with Crippen LogP contribution in [-0.2, 0) is 27.5 Å². The number of hydrogen-bond acceptors (Lipinski definition) is 12. The number of aliphatic hydroxyl groups excluding tert-OH is 2. The van der Waals surface area contributed by atoms with Gasteiger partial charge in [0, 0.05) is 37.2 Å². The van der Waals surface area contributed by atoms with E-state index in [0.29, 0.717) is 54.3 Å². The van der Waals surface area contributed by atoms with Crippen LogP contribution in [0, 0.1) is 17.8 Å². The van der Waals surface area contributed by atoms with Crippen molar-refractivity contribution in [3.63, 3.8) is 0 Å². The number of oxime groups is 1. The van der Waals surface area contributed by atoms with Crippen LogP contribution >= 0.6 is 11.6 Å². The first-order valence-corrected chi connectivity index (χ1v) is 25.2. The lowest BCUT2D eigenvalue weighted by molar-refractivity contribution is -0.256. The van der Waals surface area contributed by atoms with Crippen LogP contribution in [-0.4, -0.2) is 91.4 Å². The van der Waals surface area contributed by atoms with Crippen molar-refractivity contribution in [3.8, 4) is 23.0 Å². The second-order valence-corrected chi connectivity index (χ2v) is 18.6. The molecule has 6 atom stereocenters. The zero-order valence-electron chi connectivity index (χ0n) is 40.9. The number of ether oxygens (including phenoxy) is 6. The highest BCUT2D eigenvalue weighted by Gasteiger charge is 2.66. The molecule has 5 aromatic rings. The fraction of sp³-hybridized carbons (Fsp3) is 0.386. The third kappa shape index (κ3) is 11.5. The van der Waals surface area contributed by atoms with Crippen LogP contribution in [0.15, 0.2) is 139 Å². The number of allylic oxidation sites excluding steroid dienone is 1. The molecule has 3 aliphatic rings. The van der Waals surface area contributed by atoms with Gasteiger partial charge in [-0.3, -0.25) is 10.2 Å². The van der Waals surface area contributed by atoms with E-state index in [1.165, 1.54) is 7.11 Å². The Bertz CT molecular complexity index is 2710. The van der Waals surface area contributed by atoms with E-state index in [1.54, 1.807) is 48.4 Å². The summed E-state index contributed by atoms with van der Waals surface area (Å²) in [5, 5.41) is 29.9. The summed E-state index contributed by atoms with van der Waals surface area (Å²) in [6.07, 6.45) is 6.85. The highest BCUT2D eigenvalue weighted by atomic mass is 35.5. The molecule has 2 amide bonds. The van der Waals surface area contributed by atoms with Crippen LogP contribution in [0.1, 0.15) is 67.6 Å². The van der Waals surface area contributed by atoms with Crippen molar-refractivity contribution in [2.45, 2.75) is 75.8 Å². The molecule has 1 fully saturated rings. The van der Waals surface area contributed by atoms with Gasteiger partial charge in [-0.2, -0.15) is 0 Å². The third-order valence-corrected chi connectivity index (χ3v) is 14.0. The number of methoxy groups -OCH3 is 2. The molecule has 1 heterocycles. The largest absolute Gasteiger partial charge is 0.497 e. The molecule has 0 spiro atoms. The minimum Gasteiger partial charge on any atom is -0.497 e. The van der Waals surface area contributed by atoms with Gasteiger partial charge in [0.05, 0.1) is 50.6 Å². The van der Waals surface area contributed by atoms with Gasteiger partial charge in [0.2, 0.25) is 5.79 Å². The van der Waals surface area contributed by atoms with Gasteiger partial charge < -0.3 is 43.5 Å². The van der Waals surface area contributed by atoms with Gasteiger partial charge in [-0.25, -0.2) is 9.59 Å². The quantitative estimate of drug-likeness (QED) is 0.0247. The van der Waals surface area contributed by atoms with Gasteiger partial charge in [-0.1, -0.05) is 103 Å². The van der Waals surface area contributed by atoms with Crippen molar-refractivity contribution >= 4 is 46.0 Å². The number of rotatable bonds is 23. The average molecular weight is 1000 g/mol. The summed E-state index contributed by atoms with van der Waals surface area (Å²) in [6.45, 7) is 4.48. The number of unbranched alkanes of at least 4 members (excludes halogenated alkanes) is 2. The summed E-state index contributed by atoms with van der Waals surface area (Å²) in [5.41, 5.74) is 4.43. The van der Waals surface area contributed by atoms with Crippen molar-refractivity contribution < 1.29 is 53.1 Å². The topological polar surface area (TPSA) is 167 Å². The fourth-order valence-electron chi connectivity index (χ4n) is 10.7. The summed E-state index contributed by atoms with van der Waals surface area (Å²) < 4.78 is 37.5. The number of hydrogen-bond donors (Lipinski definition) is 3. The number of fused-ring (bicyclic) bond motifs is 3. The second-order valence-electron chi connectivity index (χ2n) is 18.2. The van der Waals surface area contributed by atoms with E-state index in [0.717, 1.165) is 45.9 Å². The lowest BCUT2D eigenvalue weighted by atomic mass is 9.55. The molecule has 1 saturated carbocycles. The maximum absolute atomic E-state index is 14.9. The Morgan fingerprint density at radius 2 is 1.67 bits per heavy atom. The van der Waals surface area contributed by atoms with Crippen LogP contribution < -0.4 is 24.3 Å².